The Morgan fingerprint density at radius 3 is 2.19 bits per heavy atom. The van der Waals surface area contributed by atoms with Gasteiger partial charge in [0.05, 0.1) is 0 Å². The van der Waals surface area contributed by atoms with Crippen molar-refractivity contribution in [2.24, 2.45) is 0 Å². The predicted molar refractivity (Wildman–Crippen MR) is 67.8 cm³/mol. The first-order chi connectivity index (χ1) is 7.58. The molecule has 82 valence electrons. The lowest BCUT2D eigenvalue weighted by Crippen LogP contribution is -1.87. The molecule has 0 saturated carbocycles. The standard InChI is InChI=1S/C15H16O/c1-10-4-7-14(12(3)8-10)15-9-13(16)6-5-11(15)2/h4-9,16H,1-3H3. The molecule has 0 aliphatic heterocycles. The van der Waals surface area contributed by atoms with Gasteiger partial charge < -0.3 is 5.11 Å². The van der Waals surface area contributed by atoms with Crippen LogP contribution in [0.15, 0.2) is 36.4 Å². The Morgan fingerprint density at radius 2 is 1.50 bits per heavy atom. The van der Waals surface area contributed by atoms with Gasteiger partial charge in [0.25, 0.3) is 0 Å². The zero-order chi connectivity index (χ0) is 11.7. The SMILES string of the molecule is Cc1ccc(-c2cc(O)ccc2C)c(C)c1. The highest BCUT2D eigenvalue weighted by Gasteiger charge is 2.05. The minimum absolute atomic E-state index is 0.320. The van der Waals surface area contributed by atoms with E-state index in [2.05, 4.69) is 39.0 Å². The van der Waals surface area contributed by atoms with Gasteiger partial charge in [-0.1, -0.05) is 29.8 Å². The van der Waals surface area contributed by atoms with E-state index >= 15 is 0 Å². The first kappa shape index (κ1) is 10.7. The molecule has 0 saturated heterocycles. The molecule has 1 heteroatoms. The lowest BCUT2D eigenvalue weighted by molar-refractivity contribution is 0.475. The maximum Gasteiger partial charge on any atom is 0.116 e. The van der Waals surface area contributed by atoms with Crippen molar-refractivity contribution < 1.29 is 5.11 Å². The third-order valence-corrected chi connectivity index (χ3v) is 2.89. The van der Waals surface area contributed by atoms with Crippen LogP contribution in [0.4, 0.5) is 0 Å². The minimum Gasteiger partial charge on any atom is -0.508 e. The number of rotatable bonds is 1. The van der Waals surface area contributed by atoms with Crippen LogP contribution in [-0.4, -0.2) is 5.11 Å². The van der Waals surface area contributed by atoms with Gasteiger partial charge >= 0.3 is 0 Å². The summed E-state index contributed by atoms with van der Waals surface area (Å²) in [7, 11) is 0. The molecule has 0 aliphatic carbocycles. The van der Waals surface area contributed by atoms with E-state index in [0.717, 1.165) is 5.56 Å². The molecule has 2 rings (SSSR count). The molecule has 1 nitrogen and oxygen atoms in total. The summed E-state index contributed by atoms with van der Waals surface area (Å²) in [5.41, 5.74) is 5.99. The van der Waals surface area contributed by atoms with E-state index in [1.54, 1.807) is 6.07 Å². The average molecular weight is 212 g/mol. The number of hydrogen-bond donors (Lipinski definition) is 1. The van der Waals surface area contributed by atoms with E-state index < -0.39 is 0 Å². The van der Waals surface area contributed by atoms with Gasteiger partial charge in [-0.05, 0) is 55.2 Å². The highest BCUT2D eigenvalue weighted by Crippen LogP contribution is 2.29. The van der Waals surface area contributed by atoms with E-state index in [4.69, 9.17) is 0 Å². The van der Waals surface area contributed by atoms with Gasteiger partial charge in [-0.3, -0.25) is 0 Å². The fourth-order valence-corrected chi connectivity index (χ4v) is 2.02. The van der Waals surface area contributed by atoms with Crippen LogP contribution < -0.4 is 0 Å². The number of phenolic OH excluding ortho intramolecular Hbond substituents is 1. The second kappa shape index (κ2) is 4.01. The maximum atomic E-state index is 9.54. The average Bonchev–Trinajstić information content (AvgIpc) is 2.22. The van der Waals surface area contributed by atoms with Gasteiger partial charge in [0, 0.05) is 0 Å². The lowest BCUT2D eigenvalue weighted by Gasteiger charge is -2.10. The van der Waals surface area contributed by atoms with Crippen molar-refractivity contribution in [3.63, 3.8) is 0 Å². The summed E-state index contributed by atoms with van der Waals surface area (Å²) in [5.74, 6) is 0.320. The maximum absolute atomic E-state index is 9.54. The van der Waals surface area contributed by atoms with Crippen molar-refractivity contribution >= 4 is 0 Å². The molecule has 0 fully saturated rings. The summed E-state index contributed by atoms with van der Waals surface area (Å²) in [6.45, 7) is 6.26. The predicted octanol–water partition coefficient (Wildman–Crippen LogP) is 3.98. The Morgan fingerprint density at radius 1 is 0.750 bits per heavy atom. The van der Waals surface area contributed by atoms with Crippen molar-refractivity contribution in [1.29, 1.82) is 0 Å². The number of benzene rings is 2. The number of hydrogen-bond acceptors (Lipinski definition) is 1. The number of aromatic hydroxyl groups is 1. The monoisotopic (exact) mass is 212 g/mol. The van der Waals surface area contributed by atoms with Crippen LogP contribution in [-0.2, 0) is 0 Å². The third kappa shape index (κ3) is 1.94. The summed E-state index contributed by atoms with van der Waals surface area (Å²) < 4.78 is 0. The first-order valence-corrected chi connectivity index (χ1v) is 5.45. The summed E-state index contributed by atoms with van der Waals surface area (Å²) in [4.78, 5) is 0. The van der Waals surface area contributed by atoms with E-state index in [9.17, 15) is 5.11 Å². The molecule has 0 spiro atoms. The molecule has 16 heavy (non-hydrogen) atoms. The lowest BCUT2D eigenvalue weighted by atomic mass is 9.95. The fraction of sp³-hybridized carbons (Fsp3) is 0.200. The van der Waals surface area contributed by atoms with Crippen molar-refractivity contribution in [1.82, 2.24) is 0 Å². The Labute approximate surface area is 96.4 Å². The summed E-state index contributed by atoms with van der Waals surface area (Å²) in [5, 5.41) is 9.54. The molecule has 1 N–H and O–H groups in total. The van der Waals surface area contributed by atoms with Crippen LogP contribution in [0.5, 0.6) is 5.75 Å². The molecule has 0 heterocycles. The molecule has 2 aromatic carbocycles. The number of aryl methyl sites for hydroxylation is 3. The zero-order valence-corrected chi connectivity index (χ0v) is 9.91. The first-order valence-electron chi connectivity index (χ1n) is 5.45. The number of phenols is 1. The molecular formula is C15H16O. The Hall–Kier alpha value is -1.76. The van der Waals surface area contributed by atoms with Gasteiger partial charge in [0.2, 0.25) is 0 Å². The summed E-state index contributed by atoms with van der Waals surface area (Å²) in [6.07, 6.45) is 0. The molecule has 2 aromatic rings. The molecule has 0 atom stereocenters. The van der Waals surface area contributed by atoms with E-state index in [1.807, 2.05) is 12.1 Å². The zero-order valence-electron chi connectivity index (χ0n) is 9.91. The van der Waals surface area contributed by atoms with E-state index in [1.165, 1.54) is 22.3 Å². The van der Waals surface area contributed by atoms with Crippen LogP contribution in [0.25, 0.3) is 11.1 Å². The van der Waals surface area contributed by atoms with Crippen LogP contribution >= 0.6 is 0 Å². The van der Waals surface area contributed by atoms with E-state index in [0.29, 0.717) is 5.75 Å². The minimum atomic E-state index is 0.320. The van der Waals surface area contributed by atoms with Crippen molar-refractivity contribution in [3.05, 3.63) is 53.1 Å². The Kier molecular flexibility index (Phi) is 2.69. The van der Waals surface area contributed by atoms with E-state index in [-0.39, 0.29) is 0 Å². The highest BCUT2D eigenvalue weighted by molar-refractivity contribution is 5.71. The van der Waals surface area contributed by atoms with Gasteiger partial charge in [-0.15, -0.1) is 0 Å². The van der Waals surface area contributed by atoms with Gasteiger partial charge in [-0.25, -0.2) is 0 Å². The van der Waals surface area contributed by atoms with Crippen LogP contribution in [0.3, 0.4) is 0 Å². The fourth-order valence-electron chi connectivity index (χ4n) is 2.02. The normalized spacial score (nSPS) is 10.4. The van der Waals surface area contributed by atoms with Crippen LogP contribution in [0, 0.1) is 20.8 Å². The molecule has 0 radical (unpaired) electrons. The Bertz CT molecular complexity index is 527. The molecule has 0 bridgehead atoms. The highest BCUT2D eigenvalue weighted by atomic mass is 16.3. The second-order valence-corrected chi connectivity index (χ2v) is 4.32. The Balaban J connectivity index is 2.62. The smallest absolute Gasteiger partial charge is 0.116 e. The molecule has 0 amide bonds. The van der Waals surface area contributed by atoms with Crippen molar-refractivity contribution in [3.8, 4) is 16.9 Å². The molecule has 0 unspecified atom stereocenters. The molecule has 0 aliphatic rings. The van der Waals surface area contributed by atoms with Gasteiger partial charge in [0.1, 0.15) is 5.75 Å². The third-order valence-electron chi connectivity index (χ3n) is 2.89. The topological polar surface area (TPSA) is 20.2 Å². The largest absolute Gasteiger partial charge is 0.508 e. The van der Waals surface area contributed by atoms with Crippen molar-refractivity contribution in [2.75, 3.05) is 0 Å². The summed E-state index contributed by atoms with van der Waals surface area (Å²) >= 11 is 0. The van der Waals surface area contributed by atoms with Gasteiger partial charge in [-0.2, -0.15) is 0 Å². The quantitative estimate of drug-likeness (QED) is 0.758. The molecular weight excluding hydrogens is 196 g/mol. The molecule has 0 aromatic heterocycles. The van der Waals surface area contributed by atoms with Crippen LogP contribution in [0.1, 0.15) is 16.7 Å². The second-order valence-electron chi connectivity index (χ2n) is 4.32. The van der Waals surface area contributed by atoms with Crippen LogP contribution in [0.2, 0.25) is 0 Å². The van der Waals surface area contributed by atoms with Gasteiger partial charge in [0.15, 0.2) is 0 Å². The van der Waals surface area contributed by atoms with Crippen molar-refractivity contribution in [2.45, 2.75) is 20.8 Å². The summed E-state index contributed by atoms with van der Waals surface area (Å²) in [6, 6.07) is 11.9.